The third kappa shape index (κ3) is 4.37. The van der Waals surface area contributed by atoms with E-state index in [0.29, 0.717) is 5.69 Å². The largest absolute Gasteiger partial charge is 0.406 e. The van der Waals surface area contributed by atoms with Crippen molar-refractivity contribution in [3.63, 3.8) is 0 Å². The van der Waals surface area contributed by atoms with Gasteiger partial charge in [0.2, 0.25) is 11.9 Å². The van der Waals surface area contributed by atoms with E-state index in [4.69, 9.17) is 11.5 Å². The molecule has 2 aromatic rings. The van der Waals surface area contributed by atoms with Crippen molar-refractivity contribution in [2.75, 3.05) is 17.2 Å². The number of carbonyl (C=O) groups excluding carboxylic acids is 1. The monoisotopic (exact) mass is 360 g/mol. The van der Waals surface area contributed by atoms with Gasteiger partial charge in [-0.1, -0.05) is 11.8 Å². The van der Waals surface area contributed by atoms with Crippen molar-refractivity contribution in [2.24, 2.45) is 0 Å². The number of nitrogens with two attached hydrogens (primary N) is 2. The third-order valence-corrected chi connectivity index (χ3v) is 4.04. The van der Waals surface area contributed by atoms with E-state index in [-0.39, 0.29) is 39.8 Å². The number of nitrogens with zero attached hydrogens (tertiary/aromatic N) is 4. The summed E-state index contributed by atoms with van der Waals surface area (Å²) in [5, 5.41) is 0.178. The number of aromatic nitrogens is 4. The maximum Gasteiger partial charge on any atom is 0.406 e. The quantitative estimate of drug-likeness (QED) is 0.619. The fraction of sp³-hybridized carbons (Fsp3) is 0.385. The Hall–Kier alpha value is -2.30. The maximum absolute atomic E-state index is 12.6. The number of alkyl halides is 3. The fourth-order valence-electron chi connectivity index (χ4n) is 2.17. The van der Waals surface area contributed by atoms with Gasteiger partial charge in [-0.15, -0.1) is 0 Å². The first-order valence-electron chi connectivity index (χ1n) is 6.73. The second-order valence-electron chi connectivity index (χ2n) is 5.03. The average molecular weight is 360 g/mol. The predicted octanol–water partition coefficient (Wildman–Crippen LogP) is 1.99. The summed E-state index contributed by atoms with van der Waals surface area (Å²) in [5.41, 5.74) is 11.7. The van der Waals surface area contributed by atoms with Gasteiger partial charge < -0.3 is 16.0 Å². The highest BCUT2D eigenvalue weighted by molar-refractivity contribution is 7.99. The van der Waals surface area contributed by atoms with E-state index in [9.17, 15) is 18.0 Å². The van der Waals surface area contributed by atoms with E-state index in [1.54, 1.807) is 0 Å². The second-order valence-corrected chi connectivity index (χ2v) is 5.97. The van der Waals surface area contributed by atoms with Crippen molar-refractivity contribution in [3.8, 4) is 0 Å². The van der Waals surface area contributed by atoms with Crippen LogP contribution in [0.15, 0.2) is 11.2 Å². The van der Waals surface area contributed by atoms with Crippen molar-refractivity contribution in [2.45, 2.75) is 31.7 Å². The first kappa shape index (κ1) is 18.0. The van der Waals surface area contributed by atoms with E-state index >= 15 is 0 Å². The Morgan fingerprint density at radius 1 is 1.21 bits per heavy atom. The first-order valence-corrected chi connectivity index (χ1v) is 7.72. The van der Waals surface area contributed by atoms with E-state index in [0.717, 1.165) is 16.3 Å². The molecule has 11 heteroatoms. The smallest absolute Gasteiger partial charge is 0.368 e. The number of ketones is 1. The van der Waals surface area contributed by atoms with Crippen molar-refractivity contribution in [1.29, 1.82) is 0 Å². The van der Waals surface area contributed by atoms with Gasteiger partial charge in [0.25, 0.3) is 0 Å². The molecule has 2 heterocycles. The van der Waals surface area contributed by atoms with Gasteiger partial charge in [0.05, 0.1) is 5.75 Å². The molecule has 2 rings (SSSR count). The number of Topliss-reactive ketones (excluding diaryl/α,β-unsaturated/α-hetero) is 1. The van der Waals surface area contributed by atoms with Crippen LogP contribution in [0.25, 0.3) is 0 Å². The minimum Gasteiger partial charge on any atom is -0.368 e. The van der Waals surface area contributed by atoms with E-state index in [2.05, 4.69) is 15.0 Å². The summed E-state index contributed by atoms with van der Waals surface area (Å²) in [6.07, 6.45) is -4.36. The maximum atomic E-state index is 12.6. The lowest BCUT2D eigenvalue weighted by Crippen LogP contribution is -2.19. The minimum atomic E-state index is -4.36. The van der Waals surface area contributed by atoms with Crippen LogP contribution in [0.4, 0.5) is 25.1 Å². The fourth-order valence-corrected chi connectivity index (χ4v) is 2.90. The molecule has 0 unspecified atom stereocenters. The van der Waals surface area contributed by atoms with Gasteiger partial charge in [-0.2, -0.15) is 28.1 Å². The average Bonchev–Trinajstić information content (AvgIpc) is 2.70. The summed E-state index contributed by atoms with van der Waals surface area (Å²) in [4.78, 5) is 23.5. The van der Waals surface area contributed by atoms with Gasteiger partial charge in [0.15, 0.2) is 10.9 Å². The Kier molecular flexibility index (Phi) is 5.02. The van der Waals surface area contributed by atoms with E-state index in [1.165, 1.54) is 19.9 Å². The van der Waals surface area contributed by atoms with E-state index in [1.807, 2.05) is 0 Å². The SMILES string of the molecule is Cc1cc(C(=O)CSc2nc(N)nc(N)n2)c(C)n1CC(F)(F)F. The molecule has 24 heavy (non-hydrogen) atoms. The molecule has 0 atom stereocenters. The van der Waals surface area contributed by atoms with Crippen LogP contribution in [-0.2, 0) is 6.54 Å². The van der Waals surface area contributed by atoms with Crippen molar-refractivity contribution in [1.82, 2.24) is 19.5 Å². The Bertz CT molecular complexity index is 754. The number of nitrogen functional groups attached to an aromatic ring is 2. The Labute approximate surface area is 139 Å². The molecule has 0 saturated heterocycles. The van der Waals surface area contributed by atoms with E-state index < -0.39 is 12.7 Å². The minimum absolute atomic E-state index is 0.0563. The van der Waals surface area contributed by atoms with Gasteiger partial charge in [-0.3, -0.25) is 4.79 Å². The number of carbonyl (C=O) groups is 1. The standard InChI is InChI=1S/C13H15F3N6OS/c1-6-3-8(7(2)22(6)5-13(14,15)16)9(23)4-24-12-20-10(17)19-11(18)21-12/h3H,4-5H2,1-2H3,(H4,17,18,19,20,21). The Balaban J connectivity index is 2.14. The third-order valence-electron chi connectivity index (χ3n) is 3.19. The van der Waals surface area contributed by atoms with Crippen molar-refractivity contribution < 1.29 is 18.0 Å². The zero-order valence-electron chi connectivity index (χ0n) is 12.9. The number of anilines is 2. The van der Waals surface area contributed by atoms with Gasteiger partial charge in [-0.05, 0) is 19.9 Å². The highest BCUT2D eigenvalue weighted by Crippen LogP contribution is 2.24. The number of rotatable bonds is 5. The molecule has 2 aromatic heterocycles. The summed E-state index contributed by atoms with van der Waals surface area (Å²) in [6, 6.07) is 1.44. The van der Waals surface area contributed by atoms with Crippen LogP contribution in [0.2, 0.25) is 0 Å². The summed E-state index contributed by atoms with van der Waals surface area (Å²) in [5.74, 6) is -0.528. The lowest BCUT2D eigenvalue weighted by molar-refractivity contribution is -0.141. The number of hydrogen-bond acceptors (Lipinski definition) is 7. The molecule has 0 aromatic carbocycles. The molecule has 0 bridgehead atoms. The van der Waals surface area contributed by atoms with Crippen LogP contribution < -0.4 is 11.5 Å². The van der Waals surface area contributed by atoms with Gasteiger partial charge in [-0.25, -0.2) is 0 Å². The normalized spacial score (nSPS) is 11.7. The topological polar surface area (TPSA) is 113 Å². The molecule has 4 N–H and O–H groups in total. The molecule has 0 radical (unpaired) electrons. The molecule has 0 aliphatic carbocycles. The van der Waals surface area contributed by atoms with Crippen molar-refractivity contribution >= 4 is 29.4 Å². The van der Waals surface area contributed by atoms with Crippen LogP contribution in [0.5, 0.6) is 0 Å². The molecule has 0 fully saturated rings. The zero-order chi connectivity index (χ0) is 18.1. The second kappa shape index (κ2) is 6.67. The first-order chi connectivity index (χ1) is 11.1. The predicted molar refractivity (Wildman–Crippen MR) is 83.7 cm³/mol. The zero-order valence-corrected chi connectivity index (χ0v) is 13.7. The van der Waals surface area contributed by atoms with Crippen LogP contribution in [0, 0.1) is 13.8 Å². The van der Waals surface area contributed by atoms with Crippen molar-refractivity contribution in [3.05, 3.63) is 23.0 Å². The molecule has 130 valence electrons. The Morgan fingerprint density at radius 3 is 2.33 bits per heavy atom. The Morgan fingerprint density at radius 2 is 1.79 bits per heavy atom. The molecular formula is C13H15F3N6OS. The number of aryl methyl sites for hydroxylation is 1. The molecule has 0 saturated carbocycles. The van der Waals surface area contributed by atoms with Gasteiger partial charge in [0.1, 0.15) is 6.54 Å². The summed E-state index contributed by atoms with van der Waals surface area (Å²) in [7, 11) is 0. The summed E-state index contributed by atoms with van der Waals surface area (Å²) >= 11 is 0.985. The molecule has 7 nitrogen and oxygen atoms in total. The lowest BCUT2D eigenvalue weighted by atomic mass is 10.2. The van der Waals surface area contributed by atoms with Crippen LogP contribution >= 0.6 is 11.8 Å². The van der Waals surface area contributed by atoms with Gasteiger partial charge >= 0.3 is 6.18 Å². The van der Waals surface area contributed by atoms with Crippen LogP contribution in [-0.4, -0.2) is 37.2 Å². The summed E-state index contributed by atoms with van der Waals surface area (Å²) in [6.45, 7) is 1.87. The van der Waals surface area contributed by atoms with Crippen LogP contribution in [0.1, 0.15) is 21.7 Å². The van der Waals surface area contributed by atoms with Gasteiger partial charge in [0, 0.05) is 17.0 Å². The number of halogens is 3. The number of hydrogen-bond donors (Lipinski definition) is 2. The summed E-state index contributed by atoms with van der Waals surface area (Å²) < 4.78 is 38.9. The highest BCUT2D eigenvalue weighted by atomic mass is 32.2. The molecule has 0 spiro atoms. The van der Waals surface area contributed by atoms with Crippen LogP contribution in [0.3, 0.4) is 0 Å². The highest BCUT2D eigenvalue weighted by Gasteiger charge is 2.30. The molecule has 0 aliphatic rings. The number of thioether (sulfide) groups is 1. The molecular weight excluding hydrogens is 345 g/mol. The molecule has 0 amide bonds. The lowest BCUT2D eigenvalue weighted by Gasteiger charge is -2.12. The molecule has 0 aliphatic heterocycles.